The molecule has 1 aliphatic rings. The van der Waals surface area contributed by atoms with Crippen molar-refractivity contribution in [1.29, 1.82) is 0 Å². The van der Waals surface area contributed by atoms with E-state index in [9.17, 15) is 13.6 Å². The van der Waals surface area contributed by atoms with E-state index in [1.54, 1.807) is 30.3 Å². The number of hydrogen-bond acceptors (Lipinski definition) is 3. The maximum atomic E-state index is 13.1. The van der Waals surface area contributed by atoms with Crippen LogP contribution in [-0.2, 0) is 4.79 Å². The molecule has 1 fully saturated rings. The predicted molar refractivity (Wildman–Crippen MR) is 103 cm³/mol. The van der Waals surface area contributed by atoms with Crippen molar-refractivity contribution in [2.45, 2.75) is 0 Å². The first-order valence-corrected chi connectivity index (χ1v) is 9.04. The van der Waals surface area contributed by atoms with Crippen molar-refractivity contribution in [3.05, 3.63) is 71.8 Å². The van der Waals surface area contributed by atoms with Gasteiger partial charge in [-0.25, -0.2) is 8.78 Å². The normalized spacial score (nSPS) is 15.3. The number of carbonyl (C=O) groups is 1. The minimum atomic E-state index is -0.322. The number of halogens is 2. The van der Waals surface area contributed by atoms with Gasteiger partial charge in [-0.15, -0.1) is 0 Å². The Morgan fingerprint density at radius 3 is 2.44 bits per heavy atom. The Balaban J connectivity index is 1.36. The van der Waals surface area contributed by atoms with Crippen LogP contribution in [-0.4, -0.2) is 50.1 Å². The van der Waals surface area contributed by atoms with Crippen LogP contribution in [0.4, 0.5) is 14.5 Å². The van der Waals surface area contributed by atoms with Crippen molar-refractivity contribution in [2.24, 2.45) is 0 Å². The van der Waals surface area contributed by atoms with E-state index in [0.717, 1.165) is 38.4 Å². The first-order chi connectivity index (χ1) is 13.1. The quantitative estimate of drug-likeness (QED) is 0.793. The first kappa shape index (κ1) is 19.0. The summed E-state index contributed by atoms with van der Waals surface area (Å²) in [5.41, 5.74) is 1.69. The molecule has 2 aromatic rings. The van der Waals surface area contributed by atoms with E-state index in [0.29, 0.717) is 12.1 Å². The zero-order valence-corrected chi connectivity index (χ0v) is 15.1. The fourth-order valence-corrected chi connectivity index (χ4v) is 3.06. The molecule has 142 valence electrons. The molecule has 0 saturated carbocycles. The van der Waals surface area contributed by atoms with Gasteiger partial charge < -0.3 is 10.2 Å². The lowest BCUT2D eigenvalue weighted by Gasteiger charge is -2.36. The number of benzene rings is 2. The Morgan fingerprint density at radius 2 is 1.74 bits per heavy atom. The number of nitrogens with zero attached hydrogens (tertiary/aromatic N) is 2. The minimum absolute atomic E-state index is 0.191. The van der Waals surface area contributed by atoms with Crippen LogP contribution in [0.25, 0.3) is 6.08 Å². The van der Waals surface area contributed by atoms with Gasteiger partial charge in [-0.1, -0.05) is 12.1 Å². The molecular formula is C21H23F2N3O. The smallest absolute Gasteiger partial charge is 0.244 e. The Kier molecular flexibility index (Phi) is 6.54. The Morgan fingerprint density at radius 1 is 1.00 bits per heavy atom. The van der Waals surface area contributed by atoms with Gasteiger partial charge >= 0.3 is 0 Å². The molecule has 0 spiro atoms. The second kappa shape index (κ2) is 9.28. The van der Waals surface area contributed by atoms with Crippen LogP contribution in [0.5, 0.6) is 0 Å². The average molecular weight is 371 g/mol. The zero-order chi connectivity index (χ0) is 19.1. The molecular weight excluding hydrogens is 348 g/mol. The molecule has 0 aliphatic carbocycles. The molecule has 1 heterocycles. The Hall–Kier alpha value is -2.73. The van der Waals surface area contributed by atoms with Crippen molar-refractivity contribution in [3.8, 4) is 0 Å². The van der Waals surface area contributed by atoms with E-state index in [-0.39, 0.29) is 17.5 Å². The lowest BCUT2D eigenvalue weighted by Crippen LogP contribution is -2.48. The van der Waals surface area contributed by atoms with Gasteiger partial charge in [0.2, 0.25) is 5.91 Å². The number of rotatable bonds is 6. The monoisotopic (exact) mass is 371 g/mol. The molecule has 1 amide bonds. The average Bonchev–Trinajstić information content (AvgIpc) is 2.68. The minimum Gasteiger partial charge on any atom is -0.369 e. The summed E-state index contributed by atoms with van der Waals surface area (Å²) < 4.78 is 26.1. The molecule has 27 heavy (non-hydrogen) atoms. The molecule has 0 bridgehead atoms. The van der Waals surface area contributed by atoms with Gasteiger partial charge in [-0.05, 0) is 48.0 Å². The van der Waals surface area contributed by atoms with E-state index < -0.39 is 0 Å². The van der Waals surface area contributed by atoms with Crippen molar-refractivity contribution >= 4 is 17.7 Å². The number of hydrogen-bond donors (Lipinski definition) is 1. The maximum absolute atomic E-state index is 13.1. The number of nitrogens with one attached hydrogen (secondary N) is 1. The molecule has 0 unspecified atom stereocenters. The van der Waals surface area contributed by atoms with Gasteiger partial charge in [-0.2, -0.15) is 0 Å². The summed E-state index contributed by atoms with van der Waals surface area (Å²) in [6.45, 7) is 4.87. The van der Waals surface area contributed by atoms with E-state index in [2.05, 4.69) is 15.1 Å². The summed E-state index contributed by atoms with van der Waals surface area (Å²) in [6, 6.07) is 12.7. The van der Waals surface area contributed by atoms with Crippen molar-refractivity contribution < 1.29 is 13.6 Å². The molecule has 2 aromatic carbocycles. The predicted octanol–water partition coefficient (Wildman–Crippen LogP) is 2.92. The first-order valence-electron chi connectivity index (χ1n) is 9.04. The molecule has 0 radical (unpaired) electrons. The standard InChI is InChI=1S/C21H23F2N3O/c22-18-5-7-20(8-6-18)26-14-12-25(13-15-26)11-10-24-21(27)9-4-17-2-1-3-19(23)16-17/h1-9,16H,10-15H2,(H,24,27). The highest BCUT2D eigenvalue weighted by Gasteiger charge is 2.16. The zero-order valence-electron chi connectivity index (χ0n) is 15.1. The summed E-state index contributed by atoms with van der Waals surface area (Å²) in [4.78, 5) is 16.4. The molecule has 6 heteroatoms. The van der Waals surface area contributed by atoms with Crippen LogP contribution in [0.2, 0.25) is 0 Å². The van der Waals surface area contributed by atoms with Gasteiger partial charge in [0.1, 0.15) is 11.6 Å². The summed E-state index contributed by atoms with van der Waals surface area (Å²) in [5, 5.41) is 2.85. The molecule has 3 rings (SSSR count). The Labute approximate surface area is 158 Å². The fourth-order valence-electron chi connectivity index (χ4n) is 3.06. The molecule has 1 N–H and O–H groups in total. The fraction of sp³-hybridized carbons (Fsp3) is 0.286. The number of carbonyl (C=O) groups excluding carboxylic acids is 1. The summed E-state index contributed by atoms with van der Waals surface area (Å²) in [7, 11) is 0. The molecule has 0 atom stereocenters. The third kappa shape index (κ3) is 5.89. The highest BCUT2D eigenvalue weighted by atomic mass is 19.1. The van der Waals surface area contributed by atoms with E-state index >= 15 is 0 Å². The topological polar surface area (TPSA) is 35.6 Å². The van der Waals surface area contributed by atoms with Crippen LogP contribution >= 0.6 is 0 Å². The highest BCUT2D eigenvalue weighted by Crippen LogP contribution is 2.16. The third-order valence-electron chi connectivity index (χ3n) is 4.57. The summed E-state index contributed by atoms with van der Waals surface area (Å²) in [6.07, 6.45) is 3.02. The van der Waals surface area contributed by atoms with Crippen molar-refractivity contribution in [3.63, 3.8) is 0 Å². The van der Waals surface area contributed by atoms with E-state index in [4.69, 9.17) is 0 Å². The second-order valence-corrected chi connectivity index (χ2v) is 6.48. The molecule has 0 aromatic heterocycles. The van der Waals surface area contributed by atoms with Gasteiger partial charge in [0.15, 0.2) is 0 Å². The Bertz CT molecular complexity index is 784. The van der Waals surface area contributed by atoms with Crippen molar-refractivity contribution in [1.82, 2.24) is 10.2 Å². The third-order valence-corrected chi connectivity index (χ3v) is 4.57. The SMILES string of the molecule is O=C(C=Cc1cccc(F)c1)NCCN1CCN(c2ccc(F)cc2)CC1. The molecule has 1 aliphatic heterocycles. The van der Waals surface area contributed by atoms with E-state index in [1.807, 2.05) is 0 Å². The lowest BCUT2D eigenvalue weighted by molar-refractivity contribution is -0.116. The lowest BCUT2D eigenvalue weighted by atomic mass is 10.2. The number of amides is 1. The maximum Gasteiger partial charge on any atom is 0.244 e. The van der Waals surface area contributed by atoms with E-state index in [1.165, 1.54) is 30.3 Å². The second-order valence-electron chi connectivity index (χ2n) is 6.48. The largest absolute Gasteiger partial charge is 0.369 e. The van der Waals surface area contributed by atoms with Crippen LogP contribution in [0, 0.1) is 11.6 Å². The van der Waals surface area contributed by atoms with Gasteiger partial charge in [-0.3, -0.25) is 9.69 Å². The molecule has 4 nitrogen and oxygen atoms in total. The van der Waals surface area contributed by atoms with Crippen LogP contribution in [0.15, 0.2) is 54.6 Å². The van der Waals surface area contributed by atoms with Crippen molar-refractivity contribution in [2.75, 3.05) is 44.2 Å². The van der Waals surface area contributed by atoms with Gasteiger partial charge in [0, 0.05) is 51.0 Å². The number of piperazine rings is 1. The van der Waals surface area contributed by atoms with Crippen LogP contribution < -0.4 is 10.2 Å². The number of anilines is 1. The van der Waals surface area contributed by atoms with Gasteiger partial charge in [0.25, 0.3) is 0 Å². The highest BCUT2D eigenvalue weighted by molar-refractivity contribution is 5.91. The summed E-state index contributed by atoms with van der Waals surface area (Å²) >= 11 is 0. The molecule has 1 saturated heterocycles. The van der Waals surface area contributed by atoms with Crippen LogP contribution in [0.3, 0.4) is 0 Å². The van der Waals surface area contributed by atoms with Gasteiger partial charge in [0.05, 0.1) is 0 Å². The van der Waals surface area contributed by atoms with Crippen LogP contribution in [0.1, 0.15) is 5.56 Å². The summed E-state index contributed by atoms with van der Waals surface area (Å²) in [5.74, 6) is -0.735.